The zero-order valence-electron chi connectivity index (χ0n) is 10.1. The molecular weight excluding hydrogens is 290 g/mol. The van der Waals surface area contributed by atoms with E-state index in [2.05, 4.69) is 4.98 Å². The monoisotopic (exact) mass is 297 g/mol. The number of carboxylic acid groups (broad SMARTS) is 1. The van der Waals surface area contributed by atoms with E-state index in [4.69, 9.17) is 21.4 Å². The van der Waals surface area contributed by atoms with Gasteiger partial charge in [-0.1, -0.05) is 11.6 Å². The second-order valence-corrected chi connectivity index (χ2v) is 4.23. The Kier molecular flexibility index (Phi) is 3.57. The molecule has 0 saturated heterocycles. The number of benzene rings is 1. The number of aromatic carboxylic acids is 1. The molecule has 104 valence electrons. The Hall–Kier alpha value is -2.61. The zero-order valence-corrected chi connectivity index (χ0v) is 10.9. The van der Waals surface area contributed by atoms with Crippen molar-refractivity contribution in [1.29, 1.82) is 0 Å². The first kappa shape index (κ1) is 13.8. The zero-order chi connectivity index (χ0) is 14.9. The topological polar surface area (TPSA) is 107 Å². The lowest BCUT2D eigenvalue weighted by Gasteiger charge is -2.08. The lowest BCUT2D eigenvalue weighted by atomic mass is 10.2. The van der Waals surface area contributed by atoms with Gasteiger partial charge in [-0.25, -0.2) is 4.79 Å². The molecule has 0 bridgehead atoms. The molecule has 0 saturated carbocycles. The summed E-state index contributed by atoms with van der Waals surface area (Å²) in [6.07, 6.45) is 1.19. The SMILES string of the molecule is Cn1cnc([N+](=O)[O-])c1Oc1cc(Cl)ccc1C(=O)O. The Bertz CT molecular complexity index is 697. The van der Waals surface area contributed by atoms with E-state index in [1.807, 2.05) is 0 Å². The first-order valence-corrected chi connectivity index (χ1v) is 5.64. The molecule has 1 heterocycles. The summed E-state index contributed by atoms with van der Waals surface area (Å²) >= 11 is 5.77. The van der Waals surface area contributed by atoms with Crippen LogP contribution < -0.4 is 4.74 Å². The Morgan fingerprint density at radius 2 is 2.25 bits per heavy atom. The highest BCUT2D eigenvalue weighted by Crippen LogP contribution is 2.33. The molecule has 0 aliphatic rings. The van der Waals surface area contributed by atoms with Crippen LogP contribution in [0.25, 0.3) is 0 Å². The molecule has 0 atom stereocenters. The number of aromatic nitrogens is 2. The summed E-state index contributed by atoms with van der Waals surface area (Å²) in [5, 5.41) is 20.1. The molecule has 0 fully saturated rings. The summed E-state index contributed by atoms with van der Waals surface area (Å²) < 4.78 is 6.58. The van der Waals surface area contributed by atoms with Crippen LogP contribution in [0, 0.1) is 10.1 Å². The van der Waals surface area contributed by atoms with E-state index in [0.717, 1.165) is 0 Å². The van der Waals surface area contributed by atoms with Crippen molar-refractivity contribution in [3.8, 4) is 11.6 Å². The number of halogens is 1. The number of carbonyl (C=O) groups is 1. The highest BCUT2D eigenvalue weighted by molar-refractivity contribution is 6.30. The third-order valence-electron chi connectivity index (χ3n) is 2.42. The van der Waals surface area contributed by atoms with Gasteiger partial charge in [-0.05, 0) is 22.0 Å². The molecule has 20 heavy (non-hydrogen) atoms. The summed E-state index contributed by atoms with van der Waals surface area (Å²) in [6, 6.07) is 3.90. The quantitative estimate of drug-likeness (QED) is 0.686. The number of hydrogen-bond donors (Lipinski definition) is 1. The van der Waals surface area contributed by atoms with E-state index in [1.54, 1.807) is 0 Å². The van der Waals surface area contributed by atoms with Crippen LogP contribution in [0.2, 0.25) is 5.02 Å². The average molecular weight is 298 g/mol. The fourth-order valence-electron chi connectivity index (χ4n) is 1.51. The van der Waals surface area contributed by atoms with Crippen molar-refractivity contribution in [2.24, 2.45) is 7.05 Å². The van der Waals surface area contributed by atoms with Gasteiger partial charge in [0.1, 0.15) is 11.3 Å². The lowest BCUT2D eigenvalue weighted by molar-refractivity contribution is -0.390. The van der Waals surface area contributed by atoms with Crippen LogP contribution in [-0.4, -0.2) is 25.6 Å². The van der Waals surface area contributed by atoms with E-state index >= 15 is 0 Å². The lowest BCUT2D eigenvalue weighted by Crippen LogP contribution is -2.02. The second-order valence-electron chi connectivity index (χ2n) is 3.79. The summed E-state index contributed by atoms with van der Waals surface area (Å²) in [4.78, 5) is 24.7. The predicted octanol–water partition coefficient (Wildman–Crippen LogP) is 2.47. The Labute approximate surface area is 117 Å². The van der Waals surface area contributed by atoms with Crippen molar-refractivity contribution in [2.45, 2.75) is 0 Å². The smallest absolute Gasteiger partial charge is 0.427 e. The normalized spacial score (nSPS) is 10.3. The van der Waals surface area contributed by atoms with Crippen molar-refractivity contribution in [3.63, 3.8) is 0 Å². The number of aryl methyl sites for hydroxylation is 1. The van der Waals surface area contributed by atoms with Crippen LogP contribution >= 0.6 is 11.6 Å². The first-order chi connectivity index (χ1) is 9.40. The Balaban J connectivity index is 2.50. The van der Waals surface area contributed by atoms with Crippen molar-refractivity contribution in [2.75, 3.05) is 0 Å². The molecule has 2 aromatic rings. The number of rotatable bonds is 4. The average Bonchev–Trinajstić information content (AvgIpc) is 2.71. The van der Waals surface area contributed by atoms with Crippen molar-refractivity contribution >= 4 is 23.4 Å². The molecule has 2 rings (SSSR count). The number of nitrogens with zero attached hydrogens (tertiary/aromatic N) is 3. The molecule has 0 aliphatic carbocycles. The van der Waals surface area contributed by atoms with Crippen LogP contribution in [-0.2, 0) is 7.05 Å². The maximum Gasteiger partial charge on any atom is 0.427 e. The fourth-order valence-corrected chi connectivity index (χ4v) is 1.67. The van der Waals surface area contributed by atoms with Crippen molar-refractivity contribution < 1.29 is 19.6 Å². The summed E-state index contributed by atoms with van der Waals surface area (Å²) in [5.74, 6) is -2.03. The molecule has 1 aromatic carbocycles. The minimum atomic E-state index is -1.23. The van der Waals surface area contributed by atoms with Crippen LogP contribution in [0.4, 0.5) is 5.82 Å². The molecule has 9 heteroatoms. The van der Waals surface area contributed by atoms with Gasteiger partial charge in [0.25, 0.3) is 0 Å². The van der Waals surface area contributed by atoms with E-state index in [-0.39, 0.29) is 22.2 Å². The molecule has 1 N–H and O–H groups in total. The third-order valence-corrected chi connectivity index (χ3v) is 2.65. The number of hydrogen-bond acceptors (Lipinski definition) is 5. The third kappa shape index (κ3) is 2.54. The number of carboxylic acids is 1. The number of ether oxygens (including phenoxy) is 1. The van der Waals surface area contributed by atoms with Gasteiger partial charge in [-0.2, -0.15) is 0 Å². The number of imidazole rings is 1. The minimum Gasteiger partial charge on any atom is -0.478 e. The molecular formula is C11H8ClN3O5. The van der Waals surface area contributed by atoms with Crippen LogP contribution in [0.5, 0.6) is 11.6 Å². The van der Waals surface area contributed by atoms with Gasteiger partial charge in [-0.15, -0.1) is 0 Å². The van der Waals surface area contributed by atoms with Crippen LogP contribution in [0.3, 0.4) is 0 Å². The maximum atomic E-state index is 11.1. The molecule has 0 aliphatic heterocycles. The van der Waals surface area contributed by atoms with E-state index in [9.17, 15) is 14.9 Å². The Morgan fingerprint density at radius 1 is 1.55 bits per heavy atom. The molecule has 8 nitrogen and oxygen atoms in total. The van der Waals surface area contributed by atoms with Gasteiger partial charge in [0.2, 0.25) is 6.33 Å². The molecule has 0 radical (unpaired) electrons. The largest absolute Gasteiger partial charge is 0.478 e. The van der Waals surface area contributed by atoms with Crippen LogP contribution in [0.1, 0.15) is 10.4 Å². The fraction of sp³-hybridized carbons (Fsp3) is 0.0909. The molecule has 0 unspecified atom stereocenters. The highest BCUT2D eigenvalue weighted by Gasteiger charge is 2.24. The van der Waals surface area contributed by atoms with Gasteiger partial charge in [0.15, 0.2) is 0 Å². The van der Waals surface area contributed by atoms with Crippen LogP contribution in [0.15, 0.2) is 24.5 Å². The molecule has 0 amide bonds. The molecule has 0 spiro atoms. The number of nitro groups is 1. The summed E-state index contributed by atoms with van der Waals surface area (Å²) in [5.41, 5.74) is -0.162. The summed E-state index contributed by atoms with van der Waals surface area (Å²) in [7, 11) is 1.49. The van der Waals surface area contributed by atoms with Gasteiger partial charge in [0, 0.05) is 18.1 Å². The van der Waals surface area contributed by atoms with E-state index in [0.29, 0.717) is 0 Å². The maximum absolute atomic E-state index is 11.1. The van der Waals surface area contributed by atoms with E-state index in [1.165, 1.54) is 36.1 Å². The standard InChI is InChI=1S/C11H8ClN3O5/c1-14-5-13-9(15(18)19)10(14)20-8-4-6(12)2-3-7(8)11(16)17/h2-5H,1H3,(H,16,17). The van der Waals surface area contributed by atoms with Gasteiger partial charge >= 0.3 is 17.7 Å². The second kappa shape index (κ2) is 5.17. The summed E-state index contributed by atoms with van der Waals surface area (Å²) in [6.45, 7) is 0. The van der Waals surface area contributed by atoms with Gasteiger partial charge in [0.05, 0.1) is 0 Å². The van der Waals surface area contributed by atoms with E-state index < -0.39 is 16.7 Å². The minimum absolute atomic E-state index is 0.100. The van der Waals surface area contributed by atoms with Gasteiger partial charge in [-0.3, -0.25) is 4.57 Å². The Morgan fingerprint density at radius 3 is 2.85 bits per heavy atom. The van der Waals surface area contributed by atoms with Crippen molar-refractivity contribution in [1.82, 2.24) is 9.55 Å². The van der Waals surface area contributed by atoms with Gasteiger partial charge < -0.3 is 20.0 Å². The highest BCUT2D eigenvalue weighted by atomic mass is 35.5. The first-order valence-electron chi connectivity index (χ1n) is 5.26. The van der Waals surface area contributed by atoms with Crippen molar-refractivity contribution in [3.05, 3.63) is 45.2 Å². The predicted molar refractivity (Wildman–Crippen MR) is 68.3 cm³/mol. The molecule has 1 aromatic heterocycles.